The molecule has 10 heteroatoms. The molecule has 3 N–H and O–H groups in total. The predicted molar refractivity (Wildman–Crippen MR) is 114 cm³/mol. The zero-order chi connectivity index (χ0) is 21.6. The summed E-state index contributed by atoms with van der Waals surface area (Å²) in [5.74, 6) is -0.945. The van der Waals surface area contributed by atoms with E-state index in [1.54, 1.807) is 6.07 Å². The third-order valence-corrected chi connectivity index (χ3v) is 7.26. The van der Waals surface area contributed by atoms with Crippen LogP contribution in [0.3, 0.4) is 0 Å². The molecule has 0 radical (unpaired) electrons. The molecule has 0 amide bonds. The summed E-state index contributed by atoms with van der Waals surface area (Å²) in [7, 11) is -5.19. The number of benzene rings is 3. The van der Waals surface area contributed by atoms with Gasteiger partial charge >= 0.3 is 0 Å². The molecule has 0 saturated carbocycles. The van der Waals surface area contributed by atoms with Gasteiger partial charge in [0.05, 0.1) is 10.0 Å². The van der Waals surface area contributed by atoms with Crippen molar-refractivity contribution >= 4 is 56.5 Å². The number of hydrogen-bond donors (Lipinski definition) is 3. The molecule has 0 aliphatic rings. The first-order chi connectivity index (χ1) is 13.5. The van der Waals surface area contributed by atoms with Crippen molar-refractivity contribution in [2.45, 2.75) is 4.75 Å². The molecule has 152 valence electrons. The van der Waals surface area contributed by atoms with E-state index in [4.69, 9.17) is 46.4 Å². The minimum atomic E-state index is -5.19. The number of rotatable bonds is 4. The van der Waals surface area contributed by atoms with Gasteiger partial charge in [-0.1, -0.05) is 64.6 Å². The maximum atomic E-state index is 13.0. The molecule has 3 rings (SSSR count). The summed E-state index contributed by atoms with van der Waals surface area (Å²) in [6, 6.07) is 11.6. The highest BCUT2D eigenvalue weighted by Crippen LogP contribution is 2.54. The van der Waals surface area contributed by atoms with E-state index >= 15 is 0 Å². The smallest absolute Gasteiger partial charge is 0.283 e. The first kappa shape index (κ1) is 22.0. The Bertz CT molecular complexity index is 1210. The van der Waals surface area contributed by atoms with Crippen LogP contribution in [-0.2, 0) is 14.9 Å². The monoisotopic (exact) mass is 492 g/mol. The second kappa shape index (κ2) is 7.87. The van der Waals surface area contributed by atoms with Gasteiger partial charge in [-0.3, -0.25) is 4.55 Å². The van der Waals surface area contributed by atoms with Crippen molar-refractivity contribution in [3.8, 4) is 11.5 Å². The fraction of sp³-hybridized carbons (Fsp3) is 0.0526. The van der Waals surface area contributed by atoms with Gasteiger partial charge in [-0.05, 0) is 36.4 Å². The molecule has 0 spiro atoms. The van der Waals surface area contributed by atoms with Crippen LogP contribution in [0, 0.1) is 0 Å². The Morgan fingerprint density at radius 2 is 1.38 bits per heavy atom. The summed E-state index contributed by atoms with van der Waals surface area (Å²) in [5, 5.41) is 20.0. The SMILES string of the molecule is O=S(=O)(O)C(c1cc(O)ccc1O)(c1ccccc1Cl)c1c(Cl)ccc(Cl)c1Cl. The molecule has 0 fully saturated rings. The molecule has 1 atom stereocenters. The second-order valence-electron chi connectivity index (χ2n) is 6.06. The standard InChI is InChI=1S/C19H12Cl4O5S/c20-13-4-2-1-3-11(13)19(29(26,27)28,12-9-10(24)5-8-16(12)25)17-14(21)6-7-15(22)18(17)23/h1-9,24-25H,(H,26,27,28). The second-order valence-corrected chi connectivity index (χ2v) is 9.22. The third-order valence-electron chi connectivity index (χ3n) is 4.40. The van der Waals surface area contributed by atoms with E-state index in [0.29, 0.717) is 0 Å². The summed E-state index contributed by atoms with van der Waals surface area (Å²) in [4.78, 5) is 0. The Balaban J connectivity index is 2.71. The van der Waals surface area contributed by atoms with Crippen LogP contribution in [0.4, 0.5) is 0 Å². The van der Waals surface area contributed by atoms with Crippen molar-refractivity contribution < 1.29 is 23.2 Å². The summed E-state index contributed by atoms with van der Waals surface area (Å²) >= 11 is 25.1. The van der Waals surface area contributed by atoms with Gasteiger partial charge in [0.1, 0.15) is 11.5 Å². The molecule has 1 unspecified atom stereocenters. The average molecular weight is 494 g/mol. The van der Waals surface area contributed by atoms with Crippen molar-refractivity contribution in [1.82, 2.24) is 0 Å². The molecule has 0 saturated heterocycles. The van der Waals surface area contributed by atoms with Crippen molar-refractivity contribution in [2.24, 2.45) is 0 Å². The van der Waals surface area contributed by atoms with Gasteiger partial charge in [-0.2, -0.15) is 8.42 Å². The summed E-state index contributed by atoms with van der Waals surface area (Å²) in [6.45, 7) is 0. The van der Waals surface area contributed by atoms with E-state index in [9.17, 15) is 23.2 Å². The maximum absolute atomic E-state index is 13.0. The zero-order valence-corrected chi connectivity index (χ0v) is 18.1. The van der Waals surface area contributed by atoms with Gasteiger partial charge in [0, 0.05) is 26.7 Å². The molecule has 0 aliphatic carbocycles. The molecule has 0 aliphatic heterocycles. The van der Waals surface area contributed by atoms with Crippen molar-refractivity contribution in [3.05, 3.63) is 91.4 Å². The lowest BCUT2D eigenvalue weighted by Gasteiger charge is -2.35. The van der Waals surface area contributed by atoms with Crippen LogP contribution in [0.2, 0.25) is 20.1 Å². The van der Waals surface area contributed by atoms with Gasteiger partial charge in [-0.15, -0.1) is 0 Å². The first-order valence-electron chi connectivity index (χ1n) is 7.90. The van der Waals surface area contributed by atoms with Crippen molar-refractivity contribution in [2.75, 3.05) is 0 Å². The highest BCUT2D eigenvalue weighted by Gasteiger charge is 2.53. The fourth-order valence-electron chi connectivity index (χ4n) is 3.22. The van der Waals surface area contributed by atoms with E-state index in [-0.39, 0.29) is 37.0 Å². The van der Waals surface area contributed by atoms with Crippen molar-refractivity contribution in [3.63, 3.8) is 0 Å². The molecule has 0 aromatic heterocycles. The molecular formula is C19H12Cl4O5S. The first-order valence-corrected chi connectivity index (χ1v) is 10.9. The normalized spacial score (nSPS) is 13.8. The maximum Gasteiger partial charge on any atom is 0.283 e. The van der Waals surface area contributed by atoms with Crippen LogP contribution < -0.4 is 0 Å². The largest absolute Gasteiger partial charge is 0.508 e. The number of phenols is 2. The van der Waals surface area contributed by atoms with E-state index in [1.165, 1.54) is 30.3 Å². The average Bonchev–Trinajstić information content (AvgIpc) is 2.64. The molecule has 3 aromatic rings. The number of halogens is 4. The Labute approximate surface area is 186 Å². The van der Waals surface area contributed by atoms with Crippen LogP contribution in [0.25, 0.3) is 0 Å². The lowest BCUT2D eigenvalue weighted by Crippen LogP contribution is -2.39. The minimum Gasteiger partial charge on any atom is -0.508 e. The Hall–Kier alpha value is -1.67. The summed E-state index contributed by atoms with van der Waals surface area (Å²) < 4.78 is 34.0. The van der Waals surface area contributed by atoms with E-state index in [1.807, 2.05) is 0 Å². The Kier molecular flexibility index (Phi) is 5.98. The predicted octanol–water partition coefficient (Wildman–Crippen LogP) is 5.89. The molecule has 0 bridgehead atoms. The quantitative estimate of drug-likeness (QED) is 0.182. The topological polar surface area (TPSA) is 94.8 Å². The zero-order valence-electron chi connectivity index (χ0n) is 14.3. The van der Waals surface area contributed by atoms with Crippen LogP contribution in [0.15, 0.2) is 54.6 Å². The summed E-state index contributed by atoms with van der Waals surface area (Å²) in [5.41, 5.74) is -0.903. The van der Waals surface area contributed by atoms with Crippen LogP contribution in [0.5, 0.6) is 11.5 Å². The highest BCUT2D eigenvalue weighted by atomic mass is 35.5. The van der Waals surface area contributed by atoms with Gasteiger partial charge < -0.3 is 10.2 Å². The molecule has 29 heavy (non-hydrogen) atoms. The lowest BCUT2D eigenvalue weighted by molar-refractivity contribution is 0.434. The molecule has 0 heterocycles. The molecular weight excluding hydrogens is 482 g/mol. The highest BCUT2D eigenvalue weighted by molar-refractivity contribution is 7.87. The van der Waals surface area contributed by atoms with Gasteiger partial charge in [-0.25, -0.2) is 0 Å². The Morgan fingerprint density at radius 1 is 0.759 bits per heavy atom. The number of hydrogen-bond acceptors (Lipinski definition) is 4. The van der Waals surface area contributed by atoms with Crippen LogP contribution in [-0.4, -0.2) is 23.2 Å². The van der Waals surface area contributed by atoms with E-state index in [2.05, 4.69) is 0 Å². The van der Waals surface area contributed by atoms with Crippen LogP contribution >= 0.6 is 46.4 Å². The number of aromatic hydroxyl groups is 2. The van der Waals surface area contributed by atoms with Crippen molar-refractivity contribution in [1.29, 1.82) is 0 Å². The summed E-state index contributed by atoms with van der Waals surface area (Å²) in [6.07, 6.45) is 0. The third kappa shape index (κ3) is 3.54. The Morgan fingerprint density at radius 3 is 2.00 bits per heavy atom. The van der Waals surface area contributed by atoms with Gasteiger partial charge in [0.2, 0.25) is 0 Å². The fourth-order valence-corrected chi connectivity index (χ4v) is 5.85. The van der Waals surface area contributed by atoms with Gasteiger partial charge in [0.25, 0.3) is 10.1 Å². The molecule has 3 aromatic carbocycles. The van der Waals surface area contributed by atoms with E-state index in [0.717, 1.165) is 18.2 Å². The lowest BCUT2D eigenvalue weighted by atomic mass is 9.83. The minimum absolute atomic E-state index is 0.0502. The van der Waals surface area contributed by atoms with Gasteiger partial charge in [0.15, 0.2) is 4.75 Å². The number of phenolic OH excluding ortho intramolecular Hbond substituents is 2. The molecule has 5 nitrogen and oxygen atoms in total. The van der Waals surface area contributed by atoms with Crippen LogP contribution in [0.1, 0.15) is 16.7 Å². The van der Waals surface area contributed by atoms with E-state index < -0.39 is 26.2 Å².